The third-order valence-corrected chi connectivity index (χ3v) is 12.6. The van der Waals surface area contributed by atoms with E-state index in [0.29, 0.717) is 82.7 Å². The number of likely N-dealkylation sites (tertiary alicyclic amines) is 1. The van der Waals surface area contributed by atoms with Crippen LogP contribution in [-0.2, 0) is 42.0 Å². The number of unbranched alkanes of at least 4 members (excludes halogenated alkanes) is 1. The SMILES string of the molecule is CCCCNc1ncc2c(C3CCN(CCOCCOCCOCCOCCCc4ccc5c(c4)n(C)c(=O)n5[C@H]4CCC(=O)NC4=O)CC3)cn([C@H]3CC[C@H](O)CC3)c2n1. The van der Waals surface area contributed by atoms with Gasteiger partial charge < -0.3 is 38.8 Å². The van der Waals surface area contributed by atoms with Crippen LogP contribution in [0.4, 0.5) is 5.95 Å². The van der Waals surface area contributed by atoms with Gasteiger partial charge in [0.05, 0.1) is 63.4 Å². The van der Waals surface area contributed by atoms with Crippen molar-refractivity contribution in [3.63, 3.8) is 0 Å². The lowest BCUT2D eigenvalue weighted by Gasteiger charge is -2.32. The Balaban J connectivity index is 0.718. The van der Waals surface area contributed by atoms with Gasteiger partial charge in [0, 0.05) is 57.0 Å². The number of amides is 2. The number of hydrogen-bond acceptors (Lipinski definition) is 12. The Morgan fingerprint density at radius 2 is 1.56 bits per heavy atom. The first-order valence-corrected chi connectivity index (χ1v) is 22.7. The molecule has 3 N–H and O–H groups in total. The molecule has 0 bridgehead atoms. The number of nitrogens with zero attached hydrogens (tertiary/aromatic N) is 6. The Bertz CT molecular complexity index is 2100. The molecule has 3 aliphatic rings. The summed E-state index contributed by atoms with van der Waals surface area (Å²) in [5.41, 5.74) is 4.66. The second-order valence-corrected chi connectivity index (χ2v) is 16.8. The van der Waals surface area contributed by atoms with Crippen LogP contribution in [0, 0.1) is 0 Å². The molecule has 4 aromatic rings. The number of aryl methyl sites for hydroxylation is 2. The zero-order valence-electron chi connectivity index (χ0n) is 36.2. The number of rotatable bonds is 23. The number of piperidine rings is 2. The first kappa shape index (κ1) is 44.9. The molecule has 3 aromatic heterocycles. The fourth-order valence-corrected chi connectivity index (χ4v) is 9.05. The van der Waals surface area contributed by atoms with E-state index in [9.17, 15) is 19.5 Å². The Kier molecular flexibility index (Phi) is 16.4. The van der Waals surface area contributed by atoms with Gasteiger partial charge in [-0.1, -0.05) is 19.4 Å². The summed E-state index contributed by atoms with van der Waals surface area (Å²) < 4.78 is 28.5. The molecule has 61 heavy (non-hydrogen) atoms. The Hall–Kier alpha value is -4.19. The molecule has 3 fully saturated rings. The number of anilines is 1. The van der Waals surface area contributed by atoms with Gasteiger partial charge in [-0.2, -0.15) is 4.98 Å². The van der Waals surface area contributed by atoms with Crippen LogP contribution in [0.25, 0.3) is 22.1 Å². The maximum atomic E-state index is 13.0. The molecule has 2 aliphatic heterocycles. The lowest BCUT2D eigenvalue weighted by molar-refractivity contribution is -0.135. The van der Waals surface area contributed by atoms with Crippen molar-refractivity contribution in [2.24, 2.45) is 7.05 Å². The van der Waals surface area contributed by atoms with E-state index in [1.54, 1.807) is 11.6 Å². The fraction of sp³-hybridized carbons (Fsp3) is 0.667. The van der Waals surface area contributed by atoms with E-state index in [4.69, 9.17) is 28.9 Å². The van der Waals surface area contributed by atoms with Crippen molar-refractivity contribution in [2.75, 3.05) is 84.4 Å². The van der Waals surface area contributed by atoms with Crippen molar-refractivity contribution < 1.29 is 33.6 Å². The van der Waals surface area contributed by atoms with E-state index in [1.165, 1.54) is 15.5 Å². The van der Waals surface area contributed by atoms with Crippen molar-refractivity contribution in [1.82, 2.24) is 33.9 Å². The van der Waals surface area contributed by atoms with Gasteiger partial charge in [-0.25, -0.2) is 9.78 Å². The molecule has 1 aliphatic carbocycles. The Morgan fingerprint density at radius 1 is 0.852 bits per heavy atom. The Labute approximate surface area is 358 Å². The number of aliphatic hydroxyl groups is 1. The number of benzene rings is 1. The third kappa shape index (κ3) is 11.6. The summed E-state index contributed by atoms with van der Waals surface area (Å²) in [5.74, 6) is 0.445. The molecule has 0 unspecified atom stereocenters. The van der Waals surface area contributed by atoms with Gasteiger partial charge in [0.15, 0.2) is 0 Å². The second-order valence-electron chi connectivity index (χ2n) is 16.8. The van der Waals surface area contributed by atoms with Crippen molar-refractivity contribution in [3.05, 3.63) is 52.2 Å². The fourth-order valence-electron chi connectivity index (χ4n) is 9.05. The quantitative estimate of drug-likeness (QED) is 0.0699. The molecule has 5 heterocycles. The van der Waals surface area contributed by atoms with Crippen LogP contribution in [0.1, 0.15) is 107 Å². The number of fused-ring (bicyclic) bond motifs is 2. The number of carbonyl (C=O) groups excluding carboxylic acids is 2. The maximum absolute atomic E-state index is 13.0. The highest BCUT2D eigenvalue weighted by atomic mass is 16.6. The van der Waals surface area contributed by atoms with Crippen LogP contribution in [0.3, 0.4) is 0 Å². The summed E-state index contributed by atoms with van der Waals surface area (Å²) in [6.07, 6.45) is 14.4. The monoisotopic (exact) mass is 847 g/mol. The summed E-state index contributed by atoms with van der Waals surface area (Å²) >= 11 is 0. The number of carbonyl (C=O) groups is 2. The molecule has 1 aromatic carbocycles. The van der Waals surface area contributed by atoms with Gasteiger partial charge in [-0.3, -0.25) is 24.0 Å². The average molecular weight is 847 g/mol. The summed E-state index contributed by atoms with van der Waals surface area (Å²) in [7, 11) is 1.70. The number of imidazole rings is 1. The van der Waals surface area contributed by atoms with E-state index in [0.717, 1.165) is 107 Å². The van der Waals surface area contributed by atoms with Crippen molar-refractivity contribution >= 4 is 39.8 Å². The molecule has 1 atom stereocenters. The predicted octanol–water partition coefficient (Wildman–Crippen LogP) is 4.63. The van der Waals surface area contributed by atoms with E-state index in [-0.39, 0.29) is 24.1 Å². The van der Waals surface area contributed by atoms with Gasteiger partial charge in [0.2, 0.25) is 17.8 Å². The molecule has 16 nitrogen and oxygen atoms in total. The van der Waals surface area contributed by atoms with Crippen LogP contribution in [0.2, 0.25) is 0 Å². The predicted molar refractivity (Wildman–Crippen MR) is 233 cm³/mol. The number of hydrogen-bond donors (Lipinski definition) is 3. The number of aromatic nitrogens is 5. The number of nitrogens with one attached hydrogen (secondary N) is 2. The largest absolute Gasteiger partial charge is 0.393 e. The first-order chi connectivity index (χ1) is 29.8. The molecule has 0 spiro atoms. The lowest BCUT2D eigenvalue weighted by Crippen LogP contribution is -2.44. The number of aliphatic hydroxyl groups excluding tert-OH is 1. The minimum atomic E-state index is -0.686. The highest BCUT2D eigenvalue weighted by Gasteiger charge is 2.32. The summed E-state index contributed by atoms with van der Waals surface area (Å²) in [6.45, 7) is 10.4. The summed E-state index contributed by atoms with van der Waals surface area (Å²) in [5, 5.41) is 17.1. The number of ether oxygens (including phenoxy) is 4. The zero-order chi connectivity index (χ0) is 42.6. The molecule has 7 rings (SSSR count). The van der Waals surface area contributed by atoms with Gasteiger partial charge in [0.1, 0.15) is 11.7 Å². The van der Waals surface area contributed by atoms with Gasteiger partial charge >= 0.3 is 5.69 Å². The van der Waals surface area contributed by atoms with E-state index in [1.807, 2.05) is 24.4 Å². The topological polar surface area (TPSA) is 176 Å². The minimum absolute atomic E-state index is 0.184. The summed E-state index contributed by atoms with van der Waals surface area (Å²) in [4.78, 5) is 49.3. The molecule has 1 saturated carbocycles. The normalized spacial score (nSPS) is 20.5. The van der Waals surface area contributed by atoms with Crippen LogP contribution < -0.4 is 16.3 Å². The van der Waals surface area contributed by atoms with E-state index >= 15 is 0 Å². The van der Waals surface area contributed by atoms with E-state index in [2.05, 4.69) is 33.2 Å². The highest BCUT2D eigenvalue weighted by Crippen LogP contribution is 2.38. The van der Waals surface area contributed by atoms with Gasteiger partial charge in [-0.05, 0) is 106 Å². The average Bonchev–Trinajstić information content (AvgIpc) is 3.76. The maximum Gasteiger partial charge on any atom is 0.329 e. The standard InChI is InChI=1S/C45H66N8O8/c1-3-4-17-46-44-47-30-36-37(31-52(42(36)49-44)34-8-10-35(54)11-9-34)33-15-18-51(19-16-33)20-22-59-24-26-61-28-27-60-25-23-58-21-5-6-32-7-12-38-40(29-32)50(2)45(57)53(38)39-13-14-41(55)48-43(39)56/h7,12,29-31,33-35,39,54H,3-6,8-11,13-28H2,1-2H3,(H,46,47,49)(H,48,55,56)/t34-,35-,39-/m0/s1. The highest BCUT2D eigenvalue weighted by molar-refractivity contribution is 6.00. The number of imide groups is 1. The molecule has 0 radical (unpaired) electrons. The van der Waals surface area contributed by atoms with Crippen LogP contribution in [0.5, 0.6) is 0 Å². The van der Waals surface area contributed by atoms with Gasteiger partial charge in [0.25, 0.3) is 0 Å². The molecule has 2 amide bonds. The smallest absolute Gasteiger partial charge is 0.329 e. The lowest BCUT2D eigenvalue weighted by atomic mass is 9.90. The Morgan fingerprint density at radius 3 is 2.26 bits per heavy atom. The van der Waals surface area contributed by atoms with Crippen molar-refractivity contribution in [1.29, 1.82) is 0 Å². The minimum Gasteiger partial charge on any atom is -0.393 e. The van der Waals surface area contributed by atoms with Crippen LogP contribution in [-0.4, -0.2) is 131 Å². The zero-order valence-corrected chi connectivity index (χ0v) is 36.2. The molecule has 2 saturated heterocycles. The first-order valence-electron chi connectivity index (χ1n) is 22.7. The van der Waals surface area contributed by atoms with Crippen molar-refractivity contribution in [3.8, 4) is 0 Å². The summed E-state index contributed by atoms with van der Waals surface area (Å²) in [6, 6.07) is 5.53. The van der Waals surface area contributed by atoms with E-state index < -0.39 is 11.9 Å². The second kappa shape index (κ2) is 22.2. The van der Waals surface area contributed by atoms with Crippen LogP contribution >= 0.6 is 0 Å². The third-order valence-electron chi connectivity index (χ3n) is 12.6. The van der Waals surface area contributed by atoms with Gasteiger partial charge in [-0.15, -0.1) is 0 Å². The van der Waals surface area contributed by atoms with Crippen molar-refractivity contribution in [2.45, 2.75) is 108 Å². The van der Waals surface area contributed by atoms with Crippen LogP contribution in [0.15, 0.2) is 35.4 Å². The molecule has 16 heteroatoms. The molecular weight excluding hydrogens is 781 g/mol. The molecule has 334 valence electrons. The molecular formula is C45H66N8O8.